The third-order valence-corrected chi connectivity index (χ3v) is 2.49. The predicted octanol–water partition coefficient (Wildman–Crippen LogP) is 2.30. The zero-order chi connectivity index (χ0) is 12.1. The van der Waals surface area contributed by atoms with Crippen LogP contribution in [0.25, 0.3) is 0 Å². The van der Waals surface area contributed by atoms with Crippen molar-refractivity contribution in [2.75, 3.05) is 0 Å². The van der Waals surface area contributed by atoms with E-state index in [0.29, 0.717) is 12.3 Å². The largest absolute Gasteiger partial charge is 0.393 e. The second-order valence-electron chi connectivity index (χ2n) is 4.74. The van der Waals surface area contributed by atoms with Crippen LogP contribution < -0.4 is 0 Å². The molecule has 1 unspecified atom stereocenters. The molecule has 1 heterocycles. The van der Waals surface area contributed by atoms with Gasteiger partial charge in [0.1, 0.15) is 5.82 Å². The zero-order valence-corrected chi connectivity index (χ0v) is 10.7. The van der Waals surface area contributed by atoms with Gasteiger partial charge >= 0.3 is 0 Å². The van der Waals surface area contributed by atoms with Crippen LogP contribution in [0.3, 0.4) is 0 Å². The first-order valence-electron chi connectivity index (χ1n) is 6.02. The van der Waals surface area contributed by atoms with Gasteiger partial charge in [0.05, 0.1) is 6.10 Å². The number of hydrogen-bond donors (Lipinski definition) is 1. The molecule has 0 saturated carbocycles. The van der Waals surface area contributed by atoms with E-state index in [1.54, 1.807) is 0 Å². The zero-order valence-electron chi connectivity index (χ0n) is 10.7. The molecular weight excluding hydrogens is 200 g/mol. The summed E-state index contributed by atoms with van der Waals surface area (Å²) >= 11 is 0. The number of aryl methyl sites for hydroxylation is 2. The fraction of sp³-hybridized carbons (Fsp3) is 0.692. The van der Waals surface area contributed by atoms with Crippen LogP contribution in [0.4, 0.5) is 0 Å². The molecule has 0 bridgehead atoms. The minimum absolute atomic E-state index is 0.293. The van der Waals surface area contributed by atoms with E-state index in [1.807, 2.05) is 13.0 Å². The Bertz CT molecular complexity index is 337. The number of aromatic nitrogens is 2. The second kappa shape index (κ2) is 5.94. The summed E-state index contributed by atoms with van der Waals surface area (Å²) in [6.07, 6.45) is 2.08. The maximum absolute atomic E-state index is 9.87. The highest BCUT2D eigenvalue weighted by Crippen LogP contribution is 2.10. The van der Waals surface area contributed by atoms with Crippen LogP contribution >= 0.6 is 0 Å². The van der Waals surface area contributed by atoms with Crippen molar-refractivity contribution in [2.24, 2.45) is 5.92 Å². The molecule has 0 aliphatic carbocycles. The SMILES string of the molecule is CCc1cc(CC(O)CC(C)C)nc(C)n1. The van der Waals surface area contributed by atoms with E-state index in [-0.39, 0.29) is 6.10 Å². The fourth-order valence-corrected chi connectivity index (χ4v) is 1.85. The maximum atomic E-state index is 9.87. The summed E-state index contributed by atoms with van der Waals surface area (Å²) in [6, 6.07) is 2.00. The molecule has 1 rings (SSSR count). The summed E-state index contributed by atoms with van der Waals surface area (Å²) in [4.78, 5) is 8.69. The van der Waals surface area contributed by atoms with Crippen molar-refractivity contribution in [2.45, 2.75) is 53.1 Å². The first kappa shape index (κ1) is 13.1. The molecule has 3 nitrogen and oxygen atoms in total. The molecule has 0 amide bonds. The first-order chi connectivity index (χ1) is 7.51. The van der Waals surface area contributed by atoms with E-state index in [0.717, 1.165) is 30.1 Å². The molecule has 0 aliphatic heterocycles. The van der Waals surface area contributed by atoms with Crippen molar-refractivity contribution in [1.82, 2.24) is 9.97 Å². The van der Waals surface area contributed by atoms with E-state index in [4.69, 9.17) is 0 Å². The van der Waals surface area contributed by atoms with Crippen molar-refractivity contribution < 1.29 is 5.11 Å². The highest BCUT2D eigenvalue weighted by atomic mass is 16.3. The minimum atomic E-state index is -0.293. The van der Waals surface area contributed by atoms with Crippen molar-refractivity contribution in [1.29, 1.82) is 0 Å². The van der Waals surface area contributed by atoms with Gasteiger partial charge in [-0.25, -0.2) is 9.97 Å². The molecule has 0 aliphatic rings. The molecule has 0 saturated heterocycles. The Morgan fingerprint density at radius 3 is 2.44 bits per heavy atom. The van der Waals surface area contributed by atoms with Crippen LogP contribution in [0.1, 0.15) is 44.4 Å². The van der Waals surface area contributed by atoms with E-state index in [9.17, 15) is 5.11 Å². The standard InChI is InChI=1S/C13H22N2O/c1-5-11-7-12(15-10(4)14-11)8-13(16)6-9(2)3/h7,9,13,16H,5-6,8H2,1-4H3. The minimum Gasteiger partial charge on any atom is -0.393 e. The number of hydrogen-bond acceptors (Lipinski definition) is 3. The van der Waals surface area contributed by atoms with Crippen molar-refractivity contribution in [3.8, 4) is 0 Å². The summed E-state index contributed by atoms with van der Waals surface area (Å²) in [5.41, 5.74) is 2.01. The lowest BCUT2D eigenvalue weighted by Gasteiger charge is -2.13. The highest BCUT2D eigenvalue weighted by molar-refractivity contribution is 5.11. The van der Waals surface area contributed by atoms with Crippen LogP contribution in [0, 0.1) is 12.8 Å². The Hall–Kier alpha value is -0.960. The Kier molecular flexibility index (Phi) is 4.87. The van der Waals surface area contributed by atoms with Gasteiger partial charge < -0.3 is 5.11 Å². The average molecular weight is 222 g/mol. The van der Waals surface area contributed by atoms with Crippen molar-refractivity contribution in [3.63, 3.8) is 0 Å². The van der Waals surface area contributed by atoms with Gasteiger partial charge in [-0.15, -0.1) is 0 Å². The van der Waals surface area contributed by atoms with Crippen LogP contribution in [-0.4, -0.2) is 21.2 Å². The first-order valence-corrected chi connectivity index (χ1v) is 6.02. The highest BCUT2D eigenvalue weighted by Gasteiger charge is 2.10. The van der Waals surface area contributed by atoms with Crippen molar-refractivity contribution in [3.05, 3.63) is 23.3 Å². The molecular formula is C13H22N2O. The number of nitrogens with zero attached hydrogens (tertiary/aromatic N) is 2. The lowest BCUT2D eigenvalue weighted by atomic mass is 10.0. The quantitative estimate of drug-likeness (QED) is 0.831. The second-order valence-corrected chi connectivity index (χ2v) is 4.74. The smallest absolute Gasteiger partial charge is 0.125 e. The summed E-state index contributed by atoms with van der Waals surface area (Å²) < 4.78 is 0. The Balaban J connectivity index is 2.69. The molecule has 1 aromatic heterocycles. The number of aliphatic hydroxyl groups is 1. The molecule has 0 fully saturated rings. The van der Waals surface area contributed by atoms with E-state index in [1.165, 1.54) is 0 Å². The third kappa shape index (κ3) is 4.27. The summed E-state index contributed by atoms with van der Waals surface area (Å²) in [5.74, 6) is 1.31. The van der Waals surface area contributed by atoms with Crippen LogP contribution in [0.2, 0.25) is 0 Å². The van der Waals surface area contributed by atoms with Crippen LogP contribution in [0.15, 0.2) is 6.07 Å². The Morgan fingerprint density at radius 2 is 1.88 bits per heavy atom. The molecule has 0 spiro atoms. The van der Waals surface area contributed by atoms with Gasteiger partial charge in [0.2, 0.25) is 0 Å². The lowest BCUT2D eigenvalue weighted by molar-refractivity contribution is 0.148. The van der Waals surface area contributed by atoms with Gasteiger partial charge in [0, 0.05) is 17.8 Å². The Morgan fingerprint density at radius 1 is 1.25 bits per heavy atom. The number of rotatable bonds is 5. The molecule has 1 N–H and O–H groups in total. The van der Waals surface area contributed by atoms with Crippen molar-refractivity contribution >= 4 is 0 Å². The molecule has 1 aromatic rings. The van der Waals surface area contributed by atoms with Crippen LogP contribution in [-0.2, 0) is 12.8 Å². The topological polar surface area (TPSA) is 46.0 Å². The average Bonchev–Trinajstić information content (AvgIpc) is 2.14. The summed E-state index contributed by atoms with van der Waals surface area (Å²) in [5, 5.41) is 9.87. The predicted molar refractivity (Wildman–Crippen MR) is 65.3 cm³/mol. The molecule has 16 heavy (non-hydrogen) atoms. The normalized spacial score (nSPS) is 13.1. The Labute approximate surface area is 97.9 Å². The fourth-order valence-electron chi connectivity index (χ4n) is 1.85. The van der Waals surface area contributed by atoms with E-state index in [2.05, 4.69) is 30.7 Å². The molecule has 0 radical (unpaired) electrons. The van der Waals surface area contributed by atoms with Crippen LogP contribution in [0.5, 0.6) is 0 Å². The number of aliphatic hydroxyl groups excluding tert-OH is 1. The lowest BCUT2D eigenvalue weighted by Crippen LogP contribution is -2.15. The van der Waals surface area contributed by atoms with Gasteiger partial charge in [0.15, 0.2) is 0 Å². The van der Waals surface area contributed by atoms with Gasteiger partial charge in [-0.05, 0) is 31.7 Å². The van der Waals surface area contributed by atoms with Gasteiger partial charge in [0.25, 0.3) is 0 Å². The molecule has 3 heteroatoms. The summed E-state index contributed by atoms with van der Waals surface area (Å²) in [7, 11) is 0. The molecule has 90 valence electrons. The maximum Gasteiger partial charge on any atom is 0.125 e. The van der Waals surface area contributed by atoms with Gasteiger partial charge in [-0.2, -0.15) is 0 Å². The van der Waals surface area contributed by atoms with E-state index >= 15 is 0 Å². The third-order valence-electron chi connectivity index (χ3n) is 2.49. The monoisotopic (exact) mass is 222 g/mol. The molecule has 0 aromatic carbocycles. The molecule has 1 atom stereocenters. The van der Waals surface area contributed by atoms with E-state index < -0.39 is 0 Å². The van der Waals surface area contributed by atoms with Gasteiger partial charge in [-0.3, -0.25) is 0 Å². The summed E-state index contributed by atoms with van der Waals surface area (Å²) in [6.45, 7) is 8.21. The van der Waals surface area contributed by atoms with Gasteiger partial charge in [-0.1, -0.05) is 20.8 Å².